The number of carbonyl (C=O) groups is 1. The van der Waals surface area contributed by atoms with Crippen LogP contribution >= 0.6 is 0 Å². The summed E-state index contributed by atoms with van der Waals surface area (Å²) in [5.41, 5.74) is 1.19. The van der Waals surface area contributed by atoms with Crippen molar-refractivity contribution >= 4 is 17.3 Å². The number of anilines is 1. The van der Waals surface area contributed by atoms with Gasteiger partial charge in [-0.25, -0.2) is 0 Å². The molecule has 25 heavy (non-hydrogen) atoms. The molecule has 0 saturated heterocycles. The number of benzene rings is 1. The Morgan fingerprint density at radius 3 is 2.40 bits per heavy atom. The van der Waals surface area contributed by atoms with E-state index in [0.717, 1.165) is 0 Å². The summed E-state index contributed by atoms with van der Waals surface area (Å²) >= 11 is 0. The van der Waals surface area contributed by atoms with Crippen LogP contribution in [0.1, 0.15) is 45.6 Å². The van der Waals surface area contributed by atoms with Gasteiger partial charge in [0.25, 0.3) is 5.69 Å². The first-order chi connectivity index (χ1) is 11.6. The second kappa shape index (κ2) is 9.36. The van der Waals surface area contributed by atoms with Crippen molar-refractivity contribution in [3.8, 4) is 0 Å². The molecule has 0 aliphatic carbocycles. The van der Waals surface area contributed by atoms with E-state index in [1.165, 1.54) is 6.07 Å². The molecular weight excluding hydrogens is 324 g/mol. The molecule has 0 saturated carbocycles. The van der Waals surface area contributed by atoms with Crippen LogP contribution in [-0.2, 0) is 9.53 Å². The van der Waals surface area contributed by atoms with Crippen molar-refractivity contribution < 1.29 is 19.6 Å². The highest BCUT2D eigenvalue weighted by molar-refractivity contribution is 5.69. The third-order valence-electron chi connectivity index (χ3n) is 4.05. The molecule has 0 aliphatic rings. The fraction of sp³-hybridized carbons (Fsp3) is 0.611. The molecule has 7 nitrogen and oxygen atoms in total. The normalized spacial score (nSPS) is 13.5. The van der Waals surface area contributed by atoms with Crippen LogP contribution in [0.15, 0.2) is 18.2 Å². The number of hydrogen-bond acceptors (Lipinski definition) is 5. The van der Waals surface area contributed by atoms with E-state index in [1.54, 1.807) is 26.2 Å². The molecular formula is C18H28N2O5. The van der Waals surface area contributed by atoms with Crippen LogP contribution in [0.4, 0.5) is 11.4 Å². The Balaban J connectivity index is 3.25. The largest absolute Gasteiger partial charge is 0.481 e. The molecule has 0 spiro atoms. The van der Waals surface area contributed by atoms with Crippen molar-refractivity contribution in [1.29, 1.82) is 0 Å². The fourth-order valence-corrected chi connectivity index (χ4v) is 2.74. The summed E-state index contributed by atoms with van der Waals surface area (Å²) < 4.78 is 5.31. The van der Waals surface area contributed by atoms with Gasteiger partial charge in [-0.2, -0.15) is 0 Å². The molecule has 0 aliphatic heterocycles. The summed E-state index contributed by atoms with van der Waals surface area (Å²) in [4.78, 5) is 24.0. The summed E-state index contributed by atoms with van der Waals surface area (Å²) in [5, 5.41) is 20.5. The number of rotatable bonds is 10. The Bertz CT molecular complexity index is 603. The first-order valence-corrected chi connectivity index (χ1v) is 8.43. The predicted octanol–water partition coefficient (Wildman–Crippen LogP) is 3.67. The molecule has 0 radical (unpaired) electrons. The maximum atomic E-state index is 11.6. The van der Waals surface area contributed by atoms with E-state index in [4.69, 9.17) is 9.84 Å². The number of nitro benzene ring substituents is 1. The third-order valence-corrected chi connectivity index (χ3v) is 4.05. The van der Waals surface area contributed by atoms with Gasteiger partial charge in [0.1, 0.15) is 5.69 Å². The number of nitrogens with zero attached hydrogens (tertiary/aromatic N) is 2. The maximum Gasteiger partial charge on any atom is 0.303 e. The number of methoxy groups -OCH3 is 1. The molecule has 0 fully saturated rings. The molecule has 7 heteroatoms. The van der Waals surface area contributed by atoms with E-state index in [2.05, 4.69) is 13.8 Å². The Hall–Kier alpha value is -2.15. The van der Waals surface area contributed by atoms with Gasteiger partial charge in [0.2, 0.25) is 0 Å². The van der Waals surface area contributed by atoms with Crippen LogP contribution in [0.2, 0.25) is 0 Å². The van der Waals surface area contributed by atoms with Gasteiger partial charge >= 0.3 is 5.97 Å². The highest BCUT2D eigenvalue weighted by Crippen LogP contribution is 2.33. The average Bonchev–Trinajstić information content (AvgIpc) is 2.52. The molecule has 0 bridgehead atoms. The monoisotopic (exact) mass is 352 g/mol. The van der Waals surface area contributed by atoms with Crippen molar-refractivity contribution in [2.45, 2.75) is 46.1 Å². The second-order valence-corrected chi connectivity index (χ2v) is 6.85. The molecule has 1 rings (SSSR count). The number of hydrogen-bond donors (Lipinski definition) is 1. The van der Waals surface area contributed by atoms with E-state index < -0.39 is 10.9 Å². The van der Waals surface area contributed by atoms with E-state index in [1.807, 2.05) is 11.8 Å². The Labute approximate surface area is 148 Å². The second-order valence-electron chi connectivity index (χ2n) is 6.85. The quantitative estimate of drug-likeness (QED) is 0.510. The van der Waals surface area contributed by atoms with Gasteiger partial charge in [-0.3, -0.25) is 14.9 Å². The number of carboxylic acid groups (broad SMARTS) is 1. The first-order valence-electron chi connectivity index (χ1n) is 8.43. The van der Waals surface area contributed by atoms with Crippen molar-refractivity contribution in [3.05, 3.63) is 33.9 Å². The molecule has 0 aromatic heterocycles. The van der Waals surface area contributed by atoms with Crippen molar-refractivity contribution in [2.75, 3.05) is 25.1 Å². The average molecular weight is 352 g/mol. The van der Waals surface area contributed by atoms with Crippen molar-refractivity contribution in [3.63, 3.8) is 0 Å². The van der Waals surface area contributed by atoms with Crippen LogP contribution in [0.25, 0.3) is 0 Å². The fourth-order valence-electron chi connectivity index (χ4n) is 2.74. The lowest BCUT2D eigenvalue weighted by Crippen LogP contribution is -2.35. The Morgan fingerprint density at radius 1 is 1.28 bits per heavy atom. The van der Waals surface area contributed by atoms with Gasteiger partial charge in [0.15, 0.2) is 0 Å². The maximum absolute atomic E-state index is 11.6. The van der Waals surface area contributed by atoms with Crippen molar-refractivity contribution in [1.82, 2.24) is 0 Å². The number of carboxylic acids is 1. The minimum absolute atomic E-state index is 0.00121. The van der Waals surface area contributed by atoms with E-state index in [9.17, 15) is 14.9 Å². The lowest BCUT2D eigenvalue weighted by atomic mass is 9.96. The zero-order valence-corrected chi connectivity index (χ0v) is 15.6. The van der Waals surface area contributed by atoms with E-state index in [-0.39, 0.29) is 24.1 Å². The zero-order chi connectivity index (χ0) is 19.1. The summed E-state index contributed by atoms with van der Waals surface area (Å²) in [6.07, 6.45) is -0.128. The van der Waals surface area contributed by atoms with Crippen molar-refractivity contribution in [2.24, 2.45) is 5.92 Å². The standard InChI is InChI=1S/C18H28N2O5/c1-12(2)10-19(11-14(4)25-5)16-7-6-15(9-17(16)20(23)24)13(3)8-18(21)22/h6-7,9,12-14H,8,10-11H2,1-5H3,(H,21,22). The summed E-state index contributed by atoms with van der Waals surface area (Å²) in [7, 11) is 1.61. The topological polar surface area (TPSA) is 92.9 Å². The number of ether oxygens (including phenoxy) is 1. The molecule has 2 atom stereocenters. The van der Waals surface area contributed by atoms with Crippen LogP contribution in [0.3, 0.4) is 0 Å². The molecule has 0 amide bonds. The number of nitro groups is 1. The molecule has 140 valence electrons. The van der Waals surface area contributed by atoms with Crippen LogP contribution < -0.4 is 4.90 Å². The molecule has 1 aromatic rings. The first kappa shape index (κ1) is 20.9. The Morgan fingerprint density at radius 2 is 1.92 bits per heavy atom. The molecule has 0 heterocycles. The van der Waals surface area contributed by atoms with E-state index >= 15 is 0 Å². The van der Waals surface area contributed by atoms with Crippen LogP contribution in [0.5, 0.6) is 0 Å². The SMILES string of the molecule is COC(C)CN(CC(C)C)c1ccc(C(C)CC(=O)O)cc1[N+](=O)[O-]. The predicted molar refractivity (Wildman–Crippen MR) is 97.3 cm³/mol. The van der Waals surface area contributed by atoms with Gasteiger partial charge in [-0.15, -0.1) is 0 Å². The van der Waals surface area contributed by atoms with Crippen LogP contribution in [0, 0.1) is 16.0 Å². The smallest absolute Gasteiger partial charge is 0.303 e. The van der Waals surface area contributed by atoms with Gasteiger partial charge in [-0.05, 0) is 30.4 Å². The minimum Gasteiger partial charge on any atom is -0.481 e. The molecule has 1 aromatic carbocycles. The molecule has 2 unspecified atom stereocenters. The van der Waals surface area contributed by atoms with E-state index in [0.29, 0.717) is 30.3 Å². The molecule has 1 N–H and O–H groups in total. The van der Waals surface area contributed by atoms with Gasteiger partial charge in [0.05, 0.1) is 17.4 Å². The summed E-state index contributed by atoms with van der Waals surface area (Å²) in [6.45, 7) is 8.99. The summed E-state index contributed by atoms with van der Waals surface area (Å²) in [5.74, 6) is -0.884. The highest BCUT2D eigenvalue weighted by Gasteiger charge is 2.24. The van der Waals surface area contributed by atoms with Gasteiger partial charge in [-0.1, -0.05) is 26.8 Å². The lowest BCUT2D eigenvalue weighted by Gasteiger charge is -2.29. The van der Waals surface area contributed by atoms with Gasteiger partial charge in [0, 0.05) is 26.3 Å². The minimum atomic E-state index is -0.922. The van der Waals surface area contributed by atoms with Crippen LogP contribution in [-0.4, -0.2) is 42.3 Å². The summed E-state index contributed by atoms with van der Waals surface area (Å²) in [6, 6.07) is 4.99. The third kappa shape index (κ3) is 6.34. The Kier molecular flexibility index (Phi) is 7.83. The van der Waals surface area contributed by atoms with Gasteiger partial charge < -0.3 is 14.7 Å². The zero-order valence-electron chi connectivity index (χ0n) is 15.6. The lowest BCUT2D eigenvalue weighted by molar-refractivity contribution is -0.384. The highest BCUT2D eigenvalue weighted by atomic mass is 16.6. The number of aliphatic carboxylic acids is 1.